The Morgan fingerprint density at radius 2 is 1.46 bits per heavy atom. The Bertz CT molecular complexity index is 1300. The summed E-state index contributed by atoms with van der Waals surface area (Å²) in [7, 11) is -4.30. The number of benzene rings is 3. The van der Waals surface area contributed by atoms with Gasteiger partial charge in [0.1, 0.15) is 18.4 Å². The summed E-state index contributed by atoms with van der Waals surface area (Å²) in [6.45, 7) is 4.78. The number of hydrogen-bond acceptors (Lipinski definition) is 4. The van der Waals surface area contributed by atoms with Crippen LogP contribution in [0.4, 0.5) is 10.1 Å². The van der Waals surface area contributed by atoms with Gasteiger partial charge in [0.25, 0.3) is 10.0 Å². The second-order valence-corrected chi connectivity index (χ2v) is 10.6. The van der Waals surface area contributed by atoms with Crippen LogP contribution >= 0.6 is 0 Å². The number of nitrogens with zero attached hydrogens (tertiary/aromatic N) is 2. The molecule has 196 valence electrons. The first-order chi connectivity index (χ1) is 17.6. The van der Waals surface area contributed by atoms with E-state index in [1.165, 1.54) is 35.2 Å². The summed E-state index contributed by atoms with van der Waals surface area (Å²) in [5.74, 6) is -1.78. The van der Waals surface area contributed by atoms with Crippen LogP contribution in [-0.2, 0) is 26.2 Å². The van der Waals surface area contributed by atoms with Gasteiger partial charge in [0.05, 0.1) is 10.6 Å². The molecule has 7 nitrogen and oxygen atoms in total. The lowest BCUT2D eigenvalue weighted by Gasteiger charge is -2.32. The highest BCUT2D eigenvalue weighted by molar-refractivity contribution is 7.92. The molecule has 0 radical (unpaired) electrons. The fourth-order valence-corrected chi connectivity index (χ4v) is 5.16. The van der Waals surface area contributed by atoms with Gasteiger partial charge in [0, 0.05) is 12.6 Å². The van der Waals surface area contributed by atoms with Gasteiger partial charge in [0.15, 0.2) is 0 Å². The molecule has 2 atom stereocenters. The number of rotatable bonds is 11. The van der Waals surface area contributed by atoms with Crippen molar-refractivity contribution in [3.8, 4) is 0 Å². The summed E-state index contributed by atoms with van der Waals surface area (Å²) >= 11 is 0. The number of carbonyl (C=O) groups excluding carboxylic acids is 2. The number of amides is 2. The third kappa shape index (κ3) is 6.95. The molecule has 0 saturated heterocycles. The fraction of sp³-hybridized carbons (Fsp3) is 0.286. The first kappa shape index (κ1) is 27.9. The van der Waals surface area contributed by atoms with E-state index < -0.39 is 34.3 Å². The van der Waals surface area contributed by atoms with E-state index in [0.717, 1.165) is 15.9 Å². The monoisotopic (exact) mass is 525 g/mol. The van der Waals surface area contributed by atoms with E-state index in [1.807, 2.05) is 44.2 Å². The molecule has 0 aliphatic rings. The average Bonchev–Trinajstić information content (AvgIpc) is 2.91. The van der Waals surface area contributed by atoms with Crippen molar-refractivity contribution in [1.82, 2.24) is 10.2 Å². The van der Waals surface area contributed by atoms with Crippen LogP contribution < -0.4 is 9.62 Å². The molecule has 1 N–H and O–H groups in total. The molecule has 37 heavy (non-hydrogen) atoms. The lowest BCUT2D eigenvalue weighted by atomic mass is 10.1. The molecular formula is C28H32FN3O4S. The second-order valence-electron chi connectivity index (χ2n) is 8.78. The number of para-hydroxylation sites is 1. The molecule has 3 rings (SSSR count). The summed E-state index contributed by atoms with van der Waals surface area (Å²) < 4.78 is 42.8. The molecule has 3 aromatic carbocycles. The lowest BCUT2D eigenvalue weighted by molar-refractivity contribution is -0.139. The van der Waals surface area contributed by atoms with Crippen LogP contribution in [0.5, 0.6) is 0 Å². The van der Waals surface area contributed by atoms with Crippen LogP contribution in [0.3, 0.4) is 0 Å². The van der Waals surface area contributed by atoms with Gasteiger partial charge in [0.2, 0.25) is 11.8 Å². The van der Waals surface area contributed by atoms with Crippen molar-refractivity contribution in [1.29, 1.82) is 0 Å². The molecule has 2 amide bonds. The van der Waals surface area contributed by atoms with E-state index >= 15 is 0 Å². The third-order valence-electron chi connectivity index (χ3n) is 6.10. The number of sulfonamides is 1. The molecular weight excluding hydrogens is 493 g/mol. The molecule has 0 unspecified atom stereocenters. The van der Waals surface area contributed by atoms with Gasteiger partial charge in [-0.05, 0) is 50.1 Å². The first-order valence-corrected chi connectivity index (χ1v) is 13.5. The van der Waals surface area contributed by atoms with Crippen LogP contribution in [0.1, 0.15) is 32.8 Å². The summed E-state index contributed by atoms with van der Waals surface area (Å²) in [5, 5.41) is 2.88. The normalized spacial score (nSPS) is 12.9. The van der Waals surface area contributed by atoms with Gasteiger partial charge in [-0.3, -0.25) is 13.9 Å². The Morgan fingerprint density at radius 1 is 0.892 bits per heavy atom. The van der Waals surface area contributed by atoms with Crippen molar-refractivity contribution in [2.45, 2.75) is 50.7 Å². The number of carbonyl (C=O) groups is 2. The van der Waals surface area contributed by atoms with E-state index in [2.05, 4.69) is 5.32 Å². The van der Waals surface area contributed by atoms with Crippen LogP contribution in [0.15, 0.2) is 89.8 Å². The smallest absolute Gasteiger partial charge is 0.264 e. The summed E-state index contributed by atoms with van der Waals surface area (Å²) in [6.07, 6.45) is 0.710. The zero-order chi connectivity index (χ0) is 27.0. The van der Waals surface area contributed by atoms with E-state index in [-0.39, 0.29) is 29.1 Å². The van der Waals surface area contributed by atoms with Crippen LogP contribution in [0.2, 0.25) is 0 Å². The predicted molar refractivity (Wildman–Crippen MR) is 142 cm³/mol. The second kappa shape index (κ2) is 12.5. The maximum absolute atomic E-state index is 14.9. The van der Waals surface area contributed by atoms with Gasteiger partial charge >= 0.3 is 0 Å². The minimum absolute atomic E-state index is 0.0747. The Hall–Kier alpha value is -3.72. The highest BCUT2D eigenvalue weighted by atomic mass is 32.2. The van der Waals surface area contributed by atoms with Crippen LogP contribution in [-0.4, -0.2) is 43.8 Å². The average molecular weight is 526 g/mol. The maximum Gasteiger partial charge on any atom is 0.264 e. The summed E-state index contributed by atoms with van der Waals surface area (Å²) in [6, 6.07) is 21.0. The molecule has 0 aromatic heterocycles. The zero-order valence-electron chi connectivity index (χ0n) is 21.2. The first-order valence-electron chi connectivity index (χ1n) is 12.1. The van der Waals surface area contributed by atoms with Gasteiger partial charge in [-0.25, -0.2) is 12.8 Å². The molecule has 0 spiro atoms. The van der Waals surface area contributed by atoms with Crippen molar-refractivity contribution in [3.63, 3.8) is 0 Å². The Balaban J connectivity index is 2.01. The predicted octanol–water partition coefficient (Wildman–Crippen LogP) is 4.35. The van der Waals surface area contributed by atoms with E-state index in [4.69, 9.17) is 0 Å². The third-order valence-corrected chi connectivity index (χ3v) is 7.87. The van der Waals surface area contributed by atoms with E-state index in [1.54, 1.807) is 25.1 Å². The van der Waals surface area contributed by atoms with Gasteiger partial charge in [-0.2, -0.15) is 0 Å². The molecule has 9 heteroatoms. The molecule has 0 fully saturated rings. The number of halogens is 1. The molecule has 3 aromatic rings. The van der Waals surface area contributed by atoms with Gasteiger partial charge in [-0.1, -0.05) is 67.6 Å². The fourth-order valence-electron chi connectivity index (χ4n) is 3.72. The topological polar surface area (TPSA) is 86.8 Å². The summed E-state index contributed by atoms with van der Waals surface area (Å²) in [5.41, 5.74) is 0.512. The Morgan fingerprint density at radius 3 is 2.05 bits per heavy atom. The standard InChI is InChI=1S/C28H32FN3O4S/c1-4-21(2)30-28(34)22(3)31(19-23-13-7-5-8-14-23)27(33)20-32(26-18-12-11-17-25(26)29)37(35,36)24-15-9-6-10-16-24/h5-18,21-22H,4,19-20H2,1-3H3,(H,30,34)/t21-,22-/m0/s1. The largest absolute Gasteiger partial charge is 0.352 e. The van der Waals surface area contributed by atoms with Crippen molar-refractivity contribution in [3.05, 3.63) is 96.3 Å². The van der Waals surface area contributed by atoms with Crippen molar-refractivity contribution < 1.29 is 22.4 Å². The molecule has 0 bridgehead atoms. The quantitative estimate of drug-likeness (QED) is 0.403. The number of nitrogens with one attached hydrogen (secondary N) is 1. The number of anilines is 1. The van der Waals surface area contributed by atoms with Crippen LogP contribution in [0, 0.1) is 5.82 Å². The van der Waals surface area contributed by atoms with Gasteiger partial charge < -0.3 is 10.2 Å². The van der Waals surface area contributed by atoms with Crippen LogP contribution in [0.25, 0.3) is 0 Å². The summed E-state index contributed by atoms with van der Waals surface area (Å²) in [4.78, 5) is 28.0. The minimum Gasteiger partial charge on any atom is -0.352 e. The van der Waals surface area contributed by atoms with E-state index in [9.17, 15) is 22.4 Å². The maximum atomic E-state index is 14.9. The minimum atomic E-state index is -4.30. The van der Waals surface area contributed by atoms with Crippen molar-refractivity contribution in [2.24, 2.45) is 0 Å². The SMILES string of the molecule is CC[C@H](C)NC(=O)[C@H](C)N(Cc1ccccc1)C(=O)CN(c1ccccc1F)S(=O)(=O)c1ccccc1. The highest BCUT2D eigenvalue weighted by Crippen LogP contribution is 2.26. The van der Waals surface area contributed by atoms with Crippen molar-refractivity contribution in [2.75, 3.05) is 10.8 Å². The molecule has 0 heterocycles. The zero-order valence-corrected chi connectivity index (χ0v) is 22.0. The van der Waals surface area contributed by atoms with E-state index in [0.29, 0.717) is 6.42 Å². The lowest BCUT2D eigenvalue weighted by Crippen LogP contribution is -2.52. The Labute approximate surface area is 218 Å². The Kier molecular flexibility index (Phi) is 9.41. The number of hydrogen-bond donors (Lipinski definition) is 1. The molecule has 0 saturated carbocycles. The van der Waals surface area contributed by atoms with Gasteiger partial charge in [-0.15, -0.1) is 0 Å². The highest BCUT2D eigenvalue weighted by Gasteiger charge is 2.33. The van der Waals surface area contributed by atoms with Crippen molar-refractivity contribution >= 4 is 27.5 Å². The molecule has 0 aliphatic heterocycles. The molecule has 0 aliphatic carbocycles.